The molecule has 2 amide bonds. The van der Waals surface area contributed by atoms with Crippen molar-refractivity contribution in [3.63, 3.8) is 0 Å². The van der Waals surface area contributed by atoms with Crippen LogP contribution in [0.2, 0.25) is 0 Å². The Morgan fingerprint density at radius 2 is 1.74 bits per heavy atom. The van der Waals surface area contributed by atoms with Gasteiger partial charge in [0, 0.05) is 34.8 Å². The Morgan fingerprint density at radius 1 is 0.929 bits per heavy atom. The number of amides is 2. The minimum Gasteiger partial charge on any atom is -0.472 e. The number of hydrogen-bond acceptors (Lipinski definition) is 6. The maximum atomic E-state index is 13.7. The molecule has 2 aromatic carbocycles. The number of carbonyl (C=O) groups excluding carboxylic acids is 2. The molecule has 0 radical (unpaired) electrons. The predicted molar refractivity (Wildman–Crippen MR) is 159 cm³/mol. The lowest BCUT2D eigenvalue weighted by Crippen LogP contribution is -2.55. The minimum atomic E-state index is -1.04. The van der Waals surface area contributed by atoms with Gasteiger partial charge in [0.1, 0.15) is 23.2 Å². The molecule has 2 aliphatic rings. The van der Waals surface area contributed by atoms with Gasteiger partial charge in [0.2, 0.25) is 5.91 Å². The van der Waals surface area contributed by atoms with Gasteiger partial charge in [-0.25, -0.2) is 9.78 Å². The lowest BCUT2D eigenvalue weighted by Gasteiger charge is -2.29. The fourth-order valence-corrected chi connectivity index (χ4v) is 6.61. The fourth-order valence-electron chi connectivity index (χ4n) is 6.61. The zero-order valence-electron chi connectivity index (χ0n) is 23.2. The van der Waals surface area contributed by atoms with E-state index in [9.17, 15) is 14.4 Å². The van der Waals surface area contributed by atoms with Crippen molar-refractivity contribution in [3.8, 4) is 11.4 Å². The Bertz CT molecular complexity index is 1840. The third-order valence-corrected chi connectivity index (χ3v) is 8.80. The first-order chi connectivity index (χ1) is 20.5. The third kappa shape index (κ3) is 4.78. The Morgan fingerprint density at radius 3 is 2.52 bits per heavy atom. The van der Waals surface area contributed by atoms with E-state index >= 15 is 0 Å². The Labute approximate surface area is 241 Å². The van der Waals surface area contributed by atoms with Gasteiger partial charge in [0.15, 0.2) is 0 Å². The van der Waals surface area contributed by atoms with Gasteiger partial charge >= 0.3 is 5.63 Å². The number of rotatable bonds is 6. The maximum Gasteiger partial charge on any atom is 0.336 e. The molecular formula is C33H32N4O5. The average molecular weight is 565 g/mol. The van der Waals surface area contributed by atoms with Crippen LogP contribution in [-0.4, -0.2) is 26.9 Å². The highest BCUT2D eigenvalue weighted by atomic mass is 16.4. The van der Waals surface area contributed by atoms with E-state index in [4.69, 9.17) is 13.8 Å². The van der Waals surface area contributed by atoms with Gasteiger partial charge in [0.25, 0.3) is 5.91 Å². The van der Waals surface area contributed by atoms with Crippen LogP contribution in [0.5, 0.6) is 0 Å². The zero-order valence-corrected chi connectivity index (χ0v) is 23.2. The van der Waals surface area contributed by atoms with Crippen LogP contribution in [0.25, 0.3) is 33.4 Å². The number of furan rings is 1. The van der Waals surface area contributed by atoms with Gasteiger partial charge < -0.3 is 24.0 Å². The SMILES string of the molecule is O=C(NC1(C(=O)Nc2ccc3ccc(=O)oc3c2)CCCC1)c1ccc2c(c1)nc(-c1ccoc1)n2C1CCCCC1. The van der Waals surface area contributed by atoms with Crippen molar-refractivity contribution in [3.05, 3.63) is 83.1 Å². The van der Waals surface area contributed by atoms with E-state index in [1.165, 1.54) is 25.3 Å². The monoisotopic (exact) mass is 564 g/mol. The largest absolute Gasteiger partial charge is 0.472 e. The number of nitrogens with one attached hydrogen (secondary N) is 2. The van der Waals surface area contributed by atoms with Crippen LogP contribution < -0.4 is 16.3 Å². The summed E-state index contributed by atoms with van der Waals surface area (Å²) in [7, 11) is 0. The van der Waals surface area contributed by atoms with E-state index in [-0.39, 0.29) is 11.8 Å². The van der Waals surface area contributed by atoms with E-state index in [0.29, 0.717) is 35.7 Å². The van der Waals surface area contributed by atoms with Gasteiger partial charge in [-0.05, 0) is 68.1 Å². The zero-order chi connectivity index (χ0) is 28.7. The summed E-state index contributed by atoms with van der Waals surface area (Å²) in [6.45, 7) is 0. The van der Waals surface area contributed by atoms with Crippen LogP contribution >= 0.6 is 0 Å². The molecule has 0 atom stereocenters. The van der Waals surface area contributed by atoms with Crippen molar-refractivity contribution >= 4 is 39.5 Å². The molecule has 3 heterocycles. The van der Waals surface area contributed by atoms with Gasteiger partial charge in [-0.1, -0.05) is 32.1 Å². The van der Waals surface area contributed by atoms with Crippen molar-refractivity contribution in [2.24, 2.45) is 0 Å². The van der Waals surface area contributed by atoms with Crippen molar-refractivity contribution in [2.75, 3.05) is 5.32 Å². The second-order valence-corrected chi connectivity index (χ2v) is 11.5. The molecule has 9 heteroatoms. The second kappa shape index (κ2) is 10.6. The maximum absolute atomic E-state index is 13.7. The highest BCUT2D eigenvalue weighted by Crippen LogP contribution is 2.37. The smallest absolute Gasteiger partial charge is 0.336 e. The minimum absolute atomic E-state index is 0.282. The van der Waals surface area contributed by atoms with E-state index in [2.05, 4.69) is 15.2 Å². The molecule has 42 heavy (non-hydrogen) atoms. The Kier molecular flexibility index (Phi) is 6.64. The van der Waals surface area contributed by atoms with Crippen molar-refractivity contribution in [1.29, 1.82) is 0 Å². The van der Waals surface area contributed by atoms with E-state index in [1.807, 2.05) is 24.3 Å². The summed E-state index contributed by atoms with van der Waals surface area (Å²) in [4.78, 5) is 43.9. The predicted octanol–water partition coefficient (Wildman–Crippen LogP) is 6.59. The topological polar surface area (TPSA) is 119 Å². The van der Waals surface area contributed by atoms with Crippen LogP contribution in [-0.2, 0) is 4.79 Å². The number of benzene rings is 2. The molecule has 9 nitrogen and oxygen atoms in total. The van der Waals surface area contributed by atoms with Gasteiger partial charge in [-0.2, -0.15) is 0 Å². The molecule has 0 bridgehead atoms. The molecular weight excluding hydrogens is 532 g/mol. The average Bonchev–Trinajstić information content (AvgIpc) is 3.77. The number of aromatic nitrogens is 2. The molecule has 2 saturated carbocycles. The van der Waals surface area contributed by atoms with Gasteiger partial charge in [0.05, 0.1) is 22.9 Å². The molecule has 214 valence electrons. The first-order valence-electron chi connectivity index (χ1n) is 14.7. The standard InChI is InChI=1S/C33H32N4O5/c38-29-13-10-21-8-11-24(19-28(21)42-29)34-32(40)33(15-4-5-16-33)36-31(39)22-9-12-27-26(18-22)35-30(23-14-17-41-20-23)37(27)25-6-2-1-3-7-25/h8-14,17-20,25H,1-7,15-16H2,(H,34,40)(H,36,39). The van der Waals surface area contributed by atoms with Crippen LogP contribution in [0.3, 0.4) is 0 Å². The third-order valence-electron chi connectivity index (χ3n) is 8.80. The number of carbonyl (C=O) groups is 2. The van der Waals surface area contributed by atoms with Crippen molar-refractivity contribution in [2.45, 2.75) is 69.4 Å². The first-order valence-corrected chi connectivity index (χ1v) is 14.7. The summed E-state index contributed by atoms with van der Waals surface area (Å²) < 4.78 is 13.0. The van der Waals surface area contributed by atoms with Crippen LogP contribution in [0.15, 0.2) is 80.8 Å². The van der Waals surface area contributed by atoms with Gasteiger partial charge in [-0.15, -0.1) is 0 Å². The molecule has 2 fully saturated rings. The van der Waals surface area contributed by atoms with Crippen LogP contribution in [0.1, 0.15) is 74.2 Å². The molecule has 2 aliphatic carbocycles. The van der Waals surface area contributed by atoms with Crippen molar-refractivity contribution in [1.82, 2.24) is 14.9 Å². The lowest BCUT2D eigenvalue weighted by atomic mass is 9.94. The Hall–Kier alpha value is -4.66. The van der Waals surface area contributed by atoms with Gasteiger partial charge in [-0.3, -0.25) is 9.59 Å². The second-order valence-electron chi connectivity index (χ2n) is 11.5. The van der Waals surface area contributed by atoms with E-state index < -0.39 is 11.2 Å². The normalized spacial score (nSPS) is 17.0. The summed E-state index contributed by atoms with van der Waals surface area (Å²) in [6, 6.07) is 16.1. The molecule has 0 unspecified atom stereocenters. The summed E-state index contributed by atoms with van der Waals surface area (Å²) in [5.41, 5.74) is 2.51. The summed E-state index contributed by atoms with van der Waals surface area (Å²) >= 11 is 0. The molecule has 5 aromatic rings. The molecule has 7 rings (SSSR count). The summed E-state index contributed by atoms with van der Waals surface area (Å²) in [5.74, 6) is 0.257. The van der Waals surface area contributed by atoms with Crippen LogP contribution in [0, 0.1) is 0 Å². The molecule has 0 saturated heterocycles. The summed E-state index contributed by atoms with van der Waals surface area (Å²) in [5, 5.41) is 6.78. The lowest BCUT2D eigenvalue weighted by molar-refractivity contribution is -0.122. The molecule has 0 spiro atoms. The number of imidazole rings is 1. The number of anilines is 1. The van der Waals surface area contributed by atoms with E-state index in [0.717, 1.165) is 53.5 Å². The number of fused-ring (bicyclic) bond motifs is 2. The molecule has 2 N–H and O–H groups in total. The molecule has 3 aromatic heterocycles. The Balaban J connectivity index is 1.17. The first kappa shape index (κ1) is 26.3. The quantitative estimate of drug-likeness (QED) is 0.225. The number of nitrogens with zero attached hydrogens (tertiary/aromatic N) is 2. The fraction of sp³-hybridized carbons (Fsp3) is 0.333. The van der Waals surface area contributed by atoms with Crippen molar-refractivity contribution < 1.29 is 18.4 Å². The number of hydrogen-bond donors (Lipinski definition) is 2. The molecule has 0 aliphatic heterocycles. The van der Waals surface area contributed by atoms with Crippen LogP contribution in [0.4, 0.5) is 5.69 Å². The van der Waals surface area contributed by atoms with E-state index in [1.54, 1.807) is 36.8 Å². The summed E-state index contributed by atoms with van der Waals surface area (Å²) in [6.07, 6.45) is 11.9. The highest BCUT2D eigenvalue weighted by molar-refractivity contribution is 6.05. The highest BCUT2D eigenvalue weighted by Gasteiger charge is 2.42.